The lowest BCUT2D eigenvalue weighted by Crippen LogP contribution is -2.03. The van der Waals surface area contributed by atoms with Crippen molar-refractivity contribution in [2.45, 2.75) is 13.2 Å². The molecule has 0 amide bonds. The van der Waals surface area contributed by atoms with Crippen LogP contribution >= 0.6 is 0 Å². The number of hydrogen-bond acceptors (Lipinski definition) is 5. The number of aryl methyl sites for hydroxylation is 1. The first kappa shape index (κ1) is 13.0. The fourth-order valence-electron chi connectivity index (χ4n) is 1.76. The standard InChI is InChI=1S/C12H14N4O3/c1-15-7-11(16(18)19)12(14-15)13-6-9-3-2-4-10(5-9)8-17/h2-5,7,17H,6,8H2,1H3,(H,13,14). The molecule has 0 saturated carbocycles. The molecular weight excluding hydrogens is 248 g/mol. The van der Waals surface area contributed by atoms with Crippen molar-refractivity contribution in [1.29, 1.82) is 0 Å². The van der Waals surface area contributed by atoms with Crippen molar-refractivity contribution < 1.29 is 10.0 Å². The quantitative estimate of drug-likeness (QED) is 0.628. The maximum Gasteiger partial charge on any atom is 0.330 e. The van der Waals surface area contributed by atoms with E-state index in [1.54, 1.807) is 7.05 Å². The molecule has 7 nitrogen and oxygen atoms in total. The van der Waals surface area contributed by atoms with Crippen LogP contribution in [-0.4, -0.2) is 19.8 Å². The van der Waals surface area contributed by atoms with Crippen LogP contribution in [0.3, 0.4) is 0 Å². The van der Waals surface area contributed by atoms with E-state index in [1.807, 2.05) is 24.3 Å². The molecule has 0 saturated heterocycles. The average Bonchev–Trinajstić information content (AvgIpc) is 2.78. The Kier molecular flexibility index (Phi) is 3.76. The van der Waals surface area contributed by atoms with Gasteiger partial charge in [0.2, 0.25) is 5.82 Å². The minimum absolute atomic E-state index is 0.0302. The van der Waals surface area contributed by atoms with Gasteiger partial charge in [0, 0.05) is 13.6 Å². The van der Waals surface area contributed by atoms with Crippen molar-refractivity contribution in [3.05, 3.63) is 51.7 Å². The van der Waals surface area contributed by atoms with Crippen LogP contribution in [-0.2, 0) is 20.2 Å². The van der Waals surface area contributed by atoms with E-state index in [9.17, 15) is 10.1 Å². The van der Waals surface area contributed by atoms with Gasteiger partial charge in [-0.25, -0.2) is 0 Å². The van der Waals surface area contributed by atoms with E-state index in [-0.39, 0.29) is 18.1 Å². The van der Waals surface area contributed by atoms with Crippen molar-refractivity contribution in [2.24, 2.45) is 7.05 Å². The molecule has 0 atom stereocenters. The minimum Gasteiger partial charge on any atom is -0.392 e. The first-order valence-electron chi connectivity index (χ1n) is 5.70. The summed E-state index contributed by atoms with van der Waals surface area (Å²) >= 11 is 0. The van der Waals surface area contributed by atoms with Gasteiger partial charge in [-0.05, 0) is 11.1 Å². The topological polar surface area (TPSA) is 93.2 Å². The molecule has 0 spiro atoms. The van der Waals surface area contributed by atoms with Crippen LogP contribution in [0.2, 0.25) is 0 Å². The SMILES string of the molecule is Cn1cc([N+](=O)[O-])c(NCc2cccc(CO)c2)n1. The zero-order valence-electron chi connectivity index (χ0n) is 10.4. The Bertz CT molecular complexity index is 594. The molecule has 1 aromatic heterocycles. The third-order valence-electron chi connectivity index (χ3n) is 2.64. The molecule has 7 heteroatoms. The predicted octanol–water partition coefficient (Wildman–Crippen LogP) is 1.43. The molecule has 100 valence electrons. The molecule has 2 rings (SSSR count). The van der Waals surface area contributed by atoms with Crippen LogP contribution in [0.25, 0.3) is 0 Å². The molecule has 0 bridgehead atoms. The van der Waals surface area contributed by atoms with Crippen LogP contribution in [0.15, 0.2) is 30.5 Å². The van der Waals surface area contributed by atoms with Gasteiger partial charge in [-0.3, -0.25) is 14.8 Å². The highest BCUT2D eigenvalue weighted by atomic mass is 16.6. The smallest absolute Gasteiger partial charge is 0.330 e. The molecule has 1 heterocycles. The van der Waals surface area contributed by atoms with Gasteiger partial charge in [0.1, 0.15) is 6.20 Å². The average molecular weight is 262 g/mol. The summed E-state index contributed by atoms with van der Waals surface area (Å²) in [7, 11) is 1.63. The summed E-state index contributed by atoms with van der Waals surface area (Å²) in [5.74, 6) is 0.238. The summed E-state index contributed by atoms with van der Waals surface area (Å²) < 4.78 is 1.39. The lowest BCUT2D eigenvalue weighted by molar-refractivity contribution is -0.384. The molecule has 0 radical (unpaired) electrons. The number of aliphatic hydroxyl groups excluding tert-OH is 1. The number of nitrogens with one attached hydrogen (secondary N) is 1. The monoisotopic (exact) mass is 262 g/mol. The predicted molar refractivity (Wildman–Crippen MR) is 69.6 cm³/mol. The number of aromatic nitrogens is 2. The first-order valence-corrected chi connectivity index (χ1v) is 5.70. The van der Waals surface area contributed by atoms with Crippen LogP contribution < -0.4 is 5.32 Å². The highest BCUT2D eigenvalue weighted by Gasteiger charge is 2.17. The van der Waals surface area contributed by atoms with Gasteiger partial charge in [0.25, 0.3) is 0 Å². The Labute approximate surface area is 109 Å². The third kappa shape index (κ3) is 3.08. The molecule has 19 heavy (non-hydrogen) atoms. The second-order valence-corrected chi connectivity index (χ2v) is 4.13. The second-order valence-electron chi connectivity index (χ2n) is 4.13. The summed E-state index contributed by atoms with van der Waals surface area (Å²) in [6.45, 7) is 0.378. The molecule has 0 aliphatic carbocycles. The Morgan fingerprint density at radius 3 is 2.89 bits per heavy atom. The van der Waals surface area contributed by atoms with Gasteiger partial charge >= 0.3 is 5.69 Å². The van der Waals surface area contributed by atoms with Crippen molar-refractivity contribution in [2.75, 3.05) is 5.32 Å². The number of anilines is 1. The first-order chi connectivity index (χ1) is 9.10. The Balaban J connectivity index is 2.11. The van der Waals surface area contributed by atoms with E-state index in [2.05, 4.69) is 10.4 Å². The molecule has 0 aliphatic rings. The van der Waals surface area contributed by atoms with Crippen LogP contribution in [0.1, 0.15) is 11.1 Å². The zero-order chi connectivity index (χ0) is 13.8. The Morgan fingerprint density at radius 2 is 2.21 bits per heavy atom. The van der Waals surface area contributed by atoms with E-state index in [0.29, 0.717) is 6.54 Å². The number of benzene rings is 1. The van der Waals surface area contributed by atoms with Gasteiger partial charge in [-0.15, -0.1) is 5.10 Å². The summed E-state index contributed by atoms with van der Waals surface area (Å²) in [5.41, 5.74) is 1.67. The van der Waals surface area contributed by atoms with Gasteiger partial charge in [-0.1, -0.05) is 24.3 Å². The van der Waals surface area contributed by atoms with Crippen molar-refractivity contribution >= 4 is 11.5 Å². The fraction of sp³-hybridized carbons (Fsp3) is 0.250. The molecule has 2 aromatic rings. The second kappa shape index (κ2) is 5.49. The highest BCUT2D eigenvalue weighted by Crippen LogP contribution is 2.22. The number of nitro groups is 1. The fourth-order valence-corrected chi connectivity index (χ4v) is 1.76. The largest absolute Gasteiger partial charge is 0.392 e. The Hall–Kier alpha value is -2.41. The summed E-state index contributed by atoms with van der Waals surface area (Å²) in [6.07, 6.45) is 1.35. The normalized spacial score (nSPS) is 10.4. The maximum atomic E-state index is 10.8. The van der Waals surface area contributed by atoms with Crippen molar-refractivity contribution in [1.82, 2.24) is 9.78 Å². The van der Waals surface area contributed by atoms with Crippen LogP contribution in [0, 0.1) is 10.1 Å². The number of hydrogen-bond donors (Lipinski definition) is 2. The third-order valence-corrected chi connectivity index (χ3v) is 2.64. The molecule has 0 aliphatic heterocycles. The highest BCUT2D eigenvalue weighted by molar-refractivity contribution is 5.54. The van der Waals surface area contributed by atoms with E-state index < -0.39 is 4.92 Å². The molecule has 0 unspecified atom stereocenters. The van der Waals surface area contributed by atoms with E-state index in [4.69, 9.17) is 5.11 Å². The molecule has 2 N–H and O–H groups in total. The lowest BCUT2D eigenvalue weighted by Gasteiger charge is -2.04. The maximum absolute atomic E-state index is 10.8. The van der Waals surface area contributed by atoms with Crippen molar-refractivity contribution in [3.8, 4) is 0 Å². The van der Waals surface area contributed by atoms with E-state index >= 15 is 0 Å². The van der Waals surface area contributed by atoms with Gasteiger partial charge in [0.05, 0.1) is 11.5 Å². The number of nitrogens with zero attached hydrogens (tertiary/aromatic N) is 3. The Morgan fingerprint density at radius 1 is 1.47 bits per heavy atom. The van der Waals surface area contributed by atoms with Crippen LogP contribution in [0.5, 0.6) is 0 Å². The number of rotatable bonds is 5. The minimum atomic E-state index is -0.473. The lowest BCUT2D eigenvalue weighted by atomic mass is 10.1. The molecular formula is C12H14N4O3. The van der Waals surface area contributed by atoms with E-state index in [1.165, 1.54) is 10.9 Å². The summed E-state index contributed by atoms with van der Waals surface area (Å²) in [5, 5.41) is 26.8. The van der Waals surface area contributed by atoms with Gasteiger partial charge in [0.15, 0.2) is 0 Å². The molecule has 1 aromatic carbocycles. The summed E-state index contributed by atoms with van der Waals surface area (Å²) in [6, 6.07) is 7.35. The molecule has 0 fully saturated rings. The van der Waals surface area contributed by atoms with E-state index in [0.717, 1.165) is 11.1 Å². The van der Waals surface area contributed by atoms with Gasteiger partial charge < -0.3 is 10.4 Å². The van der Waals surface area contributed by atoms with Gasteiger partial charge in [-0.2, -0.15) is 0 Å². The van der Waals surface area contributed by atoms with Crippen molar-refractivity contribution in [3.63, 3.8) is 0 Å². The summed E-state index contributed by atoms with van der Waals surface area (Å²) in [4.78, 5) is 10.4. The van der Waals surface area contributed by atoms with Crippen LogP contribution in [0.4, 0.5) is 11.5 Å². The number of aliphatic hydroxyl groups is 1. The zero-order valence-corrected chi connectivity index (χ0v) is 10.4.